The van der Waals surface area contributed by atoms with Gasteiger partial charge in [-0.25, -0.2) is 4.90 Å². The van der Waals surface area contributed by atoms with E-state index in [1.807, 2.05) is 24.3 Å². The minimum absolute atomic E-state index is 0.00282. The Balaban J connectivity index is 1.37. The first-order valence-electron chi connectivity index (χ1n) is 12.0. The number of aromatic nitrogens is 3. The summed E-state index contributed by atoms with van der Waals surface area (Å²) in [4.78, 5) is 16.4. The summed E-state index contributed by atoms with van der Waals surface area (Å²) in [6, 6.07) is 8.56. The zero-order chi connectivity index (χ0) is 20.8. The van der Waals surface area contributed by atoms with Crippen molar-refractivity contribution in [2.24, 2.45) is 0 Å². The Kier molecular flexibility index (Phi) is 5.39. The molecule has 0 radical (unpaired) electrons. The summed E-state index contributed by atoms with van der Waals surface area (Å²) in [5.74, 6) is -0.122. The van der Waals surface area contributed by atoms with Crippen LogP contribution in [0.5, 0.6) is 0 Å². The maximum Gasteiger partial charge on any atom is 0.183 e. The van der Waals surface area contributed by atoms with Crippen LogP contribution in [0.2, 0.25) is 0 Å². The van der Waals surface area contributed by atoms with E-state index in [1.165, 1.54) is 58.3 Å². The zero-order valence-corrected chi connectivity index (χ0v) is 19.4. The molecule has 4 fully saturated rings. The summed E-state index contributed by atoms with van der Waals surface area (Å²) in [6.07, 6.45) is 8.63. The third-order valence-corrected chi connectivity index (χ3v) is 8.47. The van der Waals surface area contributed by atoms with Crippen molar-refractivity contribution in [2.45, 2.75) is 63.0 Å². The lowest BCUT2D eigenvalue weighted by Gasteiger charge is -2.55. The molecule has 4 unspecified atom stereocenters. The number of benzene rings is 1. The molecule has 4 aliphatic rings. The minimum Gasteiger partial charge on any atom is -0.375 e. The molecule has 4 atom stereocenters. The van der Waals surface area contributed by atoms with Crippen molar-refractivity contribution < 1.29 is 4.84 Å². The van der Waals surface area contributed by atoms with Gasteiger partial charge in [0, 0.05) is 32.6 Å². The molecule has 0 spiro atoms. The molecule has 0 amide bonds. The Morgan fingerprint density at radius 3 is 2.52 bits per heavy atom. The fourth-order valence-corrected chi connectivity index (χ4v) is 7.16. The first kappa shape index (κ1) is 20.3. The number of nitrogens with zero attached hydrogens (tertiary/aromatic N) is 7. The van der Waals surface area contributed by atoms with Crippen LogP contribution in [0.3, 0.4) is 0 Å². The van der Waals surface area contributed by atoms with Crippen LogP contribution in [-0.2, 0) is 0 Å². The van der Waals surface area contributed by atoms with Crippen molar-refractivity contribution >= 4 is 20.4 Å². The molecule has 6 rings (SSSR count). The second kappa shape index (κ2) is 8.23. The van der Waals surface area contributed by atoms with Crippen LogP contribution in [-0.4, -0.2) is 91.9 Å². The van der Waals surface area contributed by atoms with E-state index in [4.69, 9.17) is 4.84 Å². The highest BCUT2D eigenvalue weighted by atomic mass is 31.0. The molecular weight excluding hydrogens is 409 g/mol. The van der Waals surface area contributed by atoms with Gasteiger partial charge >= 0.3 is 0 Å². The Morgan fingerprint density at radius 1 is 0.903 bits per heavy atom. The lowest BCUT2D eigenvalue weighted by molar-refractivity contribution is -0.197. The maximum atomic E-state index is 6.59. The lowest BCUT2D eigenvalue weighted by atomic mass is 10.0. The average Bonchev–Trinajstić information content (AvgIpc) is 3.60. The fourth-order valence-electron chi connectivity index (χ4n) is 6.53. The highest BCUT2D eigenvalue weighted by molar-refractivity contribution is 7.13. The SMILES string of the molecule is PN1CCC(N2CCCC2)C1(N1CCCC1)N1CCCC1On1nnc2ccccc21. The summed E-state index contributed by atoms with van der Waals surface area (Å²) in [7, 11) is 3.10. The van der Waals surface area contributed by atoms with Gasteiger partial charge in [0.2, 0.25) is 0 Å². The number of hydrogen-bond acceptors (Lipinski definition) is 7. The smallest absolute Gasteiger partial charge is 0.183 e. The molecule has 0 aliphatic carbocycles. The number of fused-ring (bicyclic) bond motifs is 1. The minimum atomic E-state index is -0.122. The Hall–Kier alpha value is -1.31. The molecule has 2 aromatic rings. The van der Waals surface area contributed by atoms with Crippen molar-refractivity contribution in [2.75, 3.05) is 39.3 Å². The van der Waals surface area contributed by atoms with E-state index in [9.17, 15) is 0 Å². The quantitative estimate of drug-likeness (QED) is 0.655. The van der Waals surface area contributed by atoms with Gasteiger partial charge in [0.1, 0.15) is 11.0 Å². The van der Waals surface area contributed by atoms with Gasteiger partial charge in [-0.2, -0.15) is 0 Å². The van der Waals surface area contributed by atoms with Crippen molar-refractivity contribution in [3.05, 3.63) is 24.3 Å². The molecule has 31 heavy (non-hydrogen) atoms. The van der Waals surface area contributed by atoms with Gasteiger partial charge in [0.25, 0.3) is 0 Å². The molecule has 0 bridgehead atoms. The third kappa shape index (κ3) is 3.22. The molecule has 4 aliphatic heterocycles. The first-order chi connectivity index (χ1) is 15.3. The van der Waals surface area contributed by atoms with Gasteiger partial charge in [-0.1, -0.05) is 26.4 Å². The van der Waals surface area contributed by atoms with Crippen molar-refractivity contribution in [1.29, 1.82) is 0 Å². The van der Waals surface area contributed by atoms with E-state index < -0.39 is 0 Å². The van der Waals surface area contributed by atoms with Crippen LogP contribution in [0, 0.1) is 0 Å². The molecule has 1 aromatic heterocycles. The number of para-hydroxylation sites is 1. The van der Waals surface area contributed by atoms with E-state index in [1.54, 1.807) is 4.85 Å². The van der Waals surface area contributed by atoms with Gasteiger partial charge < -0.3 is 4.84 Å². The largest absolute Gasteiger partial charge is 0.375 e. The van der Waals surface area contributed by atoms with Crippen LogP contribution in [0.25, 0.3) is 11.0 Å². The molecule has 0 N–H and O–H groups in total. The molecule has 168 valence electrons. The Morgan fingerprint density at radius 2 is 1.68 bits per heavy atom. The van der Waals surface area contributed by atoms with Crippen LogP contribution in [0.4, 0.5) is 0 Å². The van der Waals surface area contributed by atoms with Crippen LogP contribution < -0.4 is 4.84 Å². The summed E-state index contributed by atoms with van der Waals surface area (Å²) >= 11 is 0. The standard InChI is InChI=1S/C22H34N7OP/c31-28-17-11-20(25-12-3-4-13-25)22(28,26-14-5-6-15-26)27-16-7-10-21(27)30-29-19-9-2-1-8-18(19)23-24-29/h1-2,8-9,20-21H,3-7,10-17,31H2. The molecular formula is C22H34N7OP. The molecule has 4 saturated heterocycles. The maximum absolute atomic E-state index is 6.59. The number of hydrogen-bond donors (Lipinski definition) is 0. The first-order valence-corrected chi connectivity index (χ1v) is 12.6. The summed E-state index contributed by atoms with van der Waals surface area (Å²) in [5, 5.41) is 8.64. The van der Waals surface area contributed by atoms with Crippen LogP contribution in [0.1, 0.15) is 44.9 Å². The van der Waals surface area contributed by atoms with E-state index in [2.05, 4.69) is 39.1 Å². The second-order valence-corrected chi connectivity index (χ2v) is 10.1. The summed E-state index contributed by atoms with van der Waals surface area (Å²) in [6.45, 7) is 6.97. The molecule has 1 aromatic carbocycles. The monoisotopic (exact) mass is 443 g/mol. The molecule has 9 heteroatoms. The summed E-state index contributed by atoms with van der Waals surface area (Å²) in [5.41, 5.74) is 1.82. The topological polar surface area (TPSA) is 52.9 Å². The van der Waals surface area contributed by atoms with E-state index in [0.29, 0.717) is 6.04 Å². The number of rotatable bonds is 5. The van der Waals surface area contributed by atoms with E-state index in [0.717, 1.165) is 37.0 Å². The molecule has 8 nitrogen and oxygen atoms in total. The lowest BCUT2D eigenvalue weighted by Crippen LogP contribution is -2.73. The second-order valence-electron chi connectivity index (χ2n) is 9.47. The van der Waals surface area contributed by atoms with Crippen molar-refractivity contribution in [1.82, 2.24) is 34.5 Å². The summed E-state index contributed by atoms with van der Waals surface area (Å²) < 4.78 is 2.56. The Labute approximate surface area is 186 Å². The van der Waals surface area contributed by atoms with Gasteiger partial charge in [-0.05, 0) is 69.0 Å². The van der Waals surface area contributed by atoms with E-state index >= 15 is 0 Å². The highest BCUT2D eigenvalue weighted by Gasteiger charge is 2.60. The van der Waals surface area contributed by atoms with Crippen molar-refractivity contribution in [3.8, 4) is 0 Å². The average molecular weight is 444 g/mol. The van der Waals surface area contributed by atoms with Crippen LogP contribution >= 0.6 is 9.39 Å². The van der Waals surface area contributed by atoms with Crippen LogP contribution in [0.15, 0.2) is 24.3 Å². The number of likely N-dealkylation sites (tertiary alicyclic amines) is 3. The zero-order valence-electron chi connectivity index (χ0n) is 18.3. The molecule has 0 saturated carbocycles. The Bertz CT molecular complexity index is 912. The van der Waals surface area contributed by atoms with Gasteiger partial charge in [0.05, 0.1) is 6.04 Å². The predicted molar refractivity (Wildman–Crippen MR) is 123 cm³/mol. The van der Waals surface area contributed by atoms with Gasteiger partial charge in [0.15, 0.2) is 12.0 Å². The van der Waals surface area contributed by atoms with E-state index in [-0.39, 0.29) is 12.0 Å². The fraction of sp³-hybridized carbons (Fsp3) is 0.727. The molecule has 5 heterocycles. The normalized spacial score (nSPS) is 33.8. The third-order valence-electron chi connectivity index (χ3n) is 7.83. The van der Waals surface area contributed by atoms with Gasteiger partial charge in [-0.15, -0.1) is 5.10 Å². The van der Waals surface area contributed by atoms with Gasteiger partial charge in [-0.3, -0.25) is 14.5 Å². The predicted octanol–water partition coefficient (Wildman–Crippen LogP) is 1.99. The highest BCUT2D eigenvalue weighted by Crippen LogP contribution is 2.46. The van der Waals surface area contributed by atoms with Crippen molar-refractivity contribution in [3.63, 3.8) is 0 Å².